The summed E-state index contributed by atoms with van der Waals surface area (Å²) in [6.07, 6.45) is 5.57. The molecule has 0 amide bonds. The van der Waals surface area contributed by atoms with Gasteiger partial charge < -0.3 is 10.7 Å². The number of hydrogen-bond acceptors (Lipinski definition) is 3. The highest BCUT2D eigenvalue weighted by Gasteiger charge is 2.18. The lowest BCUT2D eigenvalue weighted by molar-refractivity contribution is 0.520. The normalized spacial score (nSPS) is 11.8. The second-order valence-electron chi connectivity index (χ2n) is 5.38. The zero-order valence-electron chi connectivity index (χ0n) is 11.5. The molecule has 0 spiro atoms. The average molecular weight is 267 g/mol. The van der Waals surface area contributed by atoms with Crippen molar-refractivity contribution in [1.29, 1.82) is 0 Å². The van der Waals surface area contributed by atoms with Gasteiger partial charge in [0, 0.05) is 11.8 Å². The largest absolute Gasteiger partial charge is 0.340 e. The molecule has 20 heavy (non-hydrogen) atoms. The van der Waals surface area contributed by atoms with Crippen molar-refractivity contribution in [3.63, 3.8) is 0 Å². The van der Waals surface area contributed by atoms with Crippen molar-refractivity contribution in [2.45, 2.75) is 19.4 Å². The number of imidazole rings is 1. The fraction of sp³-hybridized carbons (Fsp3) is 0.200. The van der Waals surface area contributed by atoms with E-state index in [4.69, 9.17) is 5.73 Å². The molecule has 0 atom stereocenters. The maximum Gasteiger partial charge on any atom is 0.126 e. The summed E-state index contributed by atoms with van der Waals surface area (Å²) < 4.78 is 1.84. The Labute approximate surface area is 117 Å². The van der Waals surface area contributed by atoms with Crippen molar-refractivity contribution in [3.05, 3.63) is 54.7 Å². The molecule has 5 heteroatoms. The Bertz CT molecular complexity index is 703. The third kappa shape index (κ3) is 2.35. The van der Waals surface area contributed by atoms with Crippen LogP contribution in [-0.2, 0) is 5.54 Å². The van der Waals surface area contributed by atoms with Crippen LogP contribution >= 0.6 is 0 Å². The highest BCUT2D eigenvalue weighted by molar-refractivity contribution is 5.57. The van der Waals surface area contributed by atoms with E-state index in [0.29, 0.717) is 0 Å². The van der Waals surface area contributed by atoms with Crippen LogP contribution in [0.1, 0.15) is 19.7 Å². The molecule has 2 aromatic heterocycles. The molecule has 0 bridgehead atoms. The summed E-state index contributed by atoms with van der Waals surface area (Å²) in [6.45, 7) is 3.84. The lowest BCUT2D eigenvalue weighted by Gasteiger charge is -2.14. The van der Waals surface area contributed by atoms with Crippen LogP contribution in [0.4, 0.5) is 0 Å². The molecule has 0 saturated heterocycles. The molecule has 0 radical (unpaired) electrons. The second-order valence-corrected chi connectivity index (χ2v) is 5.38. The van der Waals surface area contributed by atoms with Crippen LogP contribution < -0.4 is 5.73 Å². The highest BCUT2D eigenvalue weighted by Crippen LogP contribution is 2.21. The van der Waals surface area contributed by atoms with Gasteiger partial charge >= 0.3 is 0 Å². The Balaban J connectivity index is 1.93. The highest BCUT2D eigenvalue weighted by atomic mass is 15.3. The summed E-state index contributed by atoms with van der Waals surface area (Å²) >= 11 is 0. The van der Waals surface area contributed by atoms with Gasteiger partial charge in [-0.15, -0.1) is 0 Å². The van der Waals surface area contributed by atoms with Crippen molar-refractivity contribution in [3.8, 4) is 16.9 Å². The smallest absolute Gasteiger partial charge is 0.126 e. The Kier molecular flexibility index (Phi) is 2.91. The van der Waals surface area contributed by atoms with Gasteiger partial charge in [0.1, 0.15) is 5.82 Å². The quantitative estimate of drug-likeness (QED) is 0.765. The molecule has 3 aromatic rings. The van der Waals surface area contributed by atoms with Crippen molar-refractivity contribution < 1.29 is 0 Å². The number of aromatic nitrogens is 4. The number of H-pyrrole nitrogens is 1. The van der Waals surface area contributed by atoms with Crippen LogP contribution in [0.25, 0.3) is 16.9 Å². The maximum absolute atomic E-state index is 6.03. The Morgan fingerprint density at radius 1 is 1.15 bits per heavy atom. The average Bonchev–Trinajstić information content (AvgIpc) is 3.08. The molecule has 0 aliphatic rings. The summed E-state index contributed by atoms with van der Waals surface area (Å²) in [5.41, 5.74) is 8.48. The van der Waals surface area contributed by atoms with Gasteiger partial charge in [0.2, 0.25) is 0 Å². The standard InChI is InChI=1S/C15H17N5/c1-15(2,16)14-17-9-13(19-14)11-8-18-20(10-11)12-6-4-3-5-7-12/h3-10H,16H2,1-2H3,(H,17,19). The monoisotopic (exact) mass is 267 g/mol. The molecule has 1 aromatic carbocycles. The zero-order chi connectivity index (χ0) is 14.2. The molecule has 3 N–H and O–H groups in total. The van der Waals surface area contributed by atoms with E-state index < -0.39 is 5.54 Å². The fourth-order valence-corrected chi connectivity index (χ4v) is 1.98. The van der Waals surface area contributed by atoms with E-state index in [2.05, 4.69) is 15.1 Å². The molecule has 3 rings (SSSR count). The third-order valence-electron chi connectivity index (χ3n) is 3.10. The van der Waals surface area contributed by atoms with Crippen molar-refractivity contribution in [1.82, 2.24) is 19.7 Å². The molecule has 102 valence electrons. The van der Waals surface area contributed by atoms with Gasteiger partial charge in [0.15, 0.2) is 0 Å². The van der Waals surface area contributed by atoms with Gasteiger partial charge in [-0.3, -0.25) is 0 Å². The molecular weight excluding hydrogens is 250 g/mol. The Morgan fingerprint density at radius 3 is 2.55 bits per heavy atom. The van der Waals surface area contributed by atoms with Crippen LogP contribution in [0.2, 0.25) is 0 Å². The number of rotatable bonds is 3. The minimum absolute atomic E-state index is 0.478. The summed E-state index contributed by atoms with van der Waals surface area (Å²) in [5, 5.41) is 4.37. The van der Waals surface area contributed by atoms with Gasteiger partial charge in [-0.05, 0) is 26.0 Å². The number of nitrogens with one attached hydrogen (secondary N) is 1. The summed E-state index contributed by atoms with van der Waals surface area (Å²) in [6, 6.07) is 9.98. The molecule has 5 nitrogen and oxygen atoms in total. The maximum atomic E-state index is 6.03. The zero-order valence-corrected chi connectivity index (χ0v) is 11.5. The lowest BCUT2D eigenvalue weighted by Crippen LogP contribution is -2.30. The van der Waals surface area contributed by atoms with E-state index in [-0.39, 0.29) is 0 Å². The summed E-state index contributed by atoms with van der Waals surface area (Å²) in [4.78, 5) is 7.57. The predicted octanol–water partition coefficient (Wildman–Crippen LogP) is 2.46. The summed E-state index contributed by atoms with van der Waals surface area (Å²) in [5.74, 6) is 0.764. The molecule has 0 aliphatic carbocycles. The number of para-hydroxylation sites is 1. The van der Waals surface area contributed by atoms with Crippen LogP contribution in [0.3, 0.4) is 0 Å². The first-order valence-electron chi connectivity index (χ1n) is 6.49. The first-order valence-corrected chi connectivity index (χ1v) is 6.49. The number of hydrogen-bond donors (Lipinski definition) is 2. The van der Waals surface area contributed by atoms with E-state index in [1.54, 1.807) is 6.20 Å². The van der Waals surface area contributed by atoms with E-state index in [1.807, 2.05) is 61.3 Å². The number of benzene rings is 1. The van der Waals surface area contributed by atoms with Crippen LogP contribution in [-0.4, -0.2) is 19.7 Å². The Hall–Kier alpha value is -2.40. The van der Waals surface area contributed by atoms with Gasteiger partial charge in [0.25, 0.3) is 0 Å². The number of nitrogens with two attached hydrogens (primary N) is 1. The fourth-order valence-electron chi connectivity index (χ4n) is 1.98. The van der Waals surface area contributed by atoms with Gasteiger partial charge in [-0.2, -0.15) is 5.10 Å². The summed E-state index contributed by atoms with van der Waals surface area (Å²) in [7, 11) is 0. The number of aromatic amines is 1. The predicted molar refractivity (Wildman–Crippen MR) is 78.4 cm³/mol. The van der Waals surface area contributed by atoms with E-state index in [9.17, 15) is 0 Å². The molecule has 2 heterocycles. The minimum atomic E-state index is -0.478. The van der Waals surface area contributed by atoms with E-state index >= 15 is 0 Å². The van der Waals surface area contributed by atoms with Gasteiger partial charge in [0.05, 0.1) is 29.3 Å². The van der Waals surface area contributed by atoms with Crippen LogP contribution in [0, 0.1) is 0 Å². The van der Waals surface area contributed by atoms with Crippen molar-refractivity contribution in [2.24, 2.45) is 5.73 Å². The SMILES string of the molecule is CC(C)(N)c1ncc(-c2cnn(-c3ccccc3)c2)[nH]1. The first kappa shape index (κ1) is 12.6. The topological polar surface area (TPSA) is 72.5 Å². The number of nitrogens with zero attached hydrogens (tertiary/aromatic N) is 3. The molecule has 0 saturated carbocycles. The van der Waals surface area contributed by atoms with Crippen LogP contribution in [0.5, 0.6) is 0 Å². The van der Waals surface area contributed by atoms with E-state index in [0.717, 1.165) is 22.8 Å². The molecule has 0 unspecified atom stereocenters. The minimum Gasteiger partial charge on any atom is -0.340 e. The second kappa shape index (κ2) is 4.61. The molecule has 0 aliphatic heterocycles. The first-order chi connectivity index (χ1) is 9.54. The van der Waals surface area contributed by atoms with Crippen molar-refractivity contribution in [2.75, 3.05) is 0 Å². The molecular formula is C15H17N5. The molecule has 0 fully saturated rings. The lowest BCUT2D eigenvalue weighted by atomic mass is 10.1. The van der Waals surface area contributed by atoms with Crippen LogP contribution in [0.15, 0.2) is 48.9 Å². The van der Waals surface area contributed by atoms with Gasteiger partial charge in [-0.1, -0.05) is 18.2 Å². The van der Waals surface area contributed by atoms with E-state index in [1.165, 1.54) is 0 Å². The van der Waals surface area contributed by atoms with Crippen molar-refractivity contribution >= 4 is 0 Å². The third-order valence-corrected chi connectivity index (χ3v) is 3.10. The Morgan fingerprint density at radius 2 is 1.90 bits per heavy atom. The van der Waals surface area contributed by atoms with Gasteiger partial charge in [-0.25, -0.2) is 9.67 Å².